The van der Waals surface area contributed by atoms with Crippen LogP contribution in [0.15, 0.2) is 77.7 Å². The van der Waals surface area contributed by atoms with Crippen LogP contribution in [0.25, 0.3) is 0 Å². The number of anilines is 2. The summed E-state index contributed by atoms with van der Waals surface area (Å²) in [5.74, 6) is -0.291. The van der Waals surface area contributed by atoms with Crippen molar-refractivity contribution in [3.8, 4) is 5.75 Å². The van der Waals surface area contributed by atoms with Gasteiger partial charge in [-0.15, -0.1) is 0 Å². The van der Waals surface area contributed by atoms with E-state index in [2.05, 4.69) is 5.32 Å². The predicted molar refractivity (Wildman–Crippen MR) is 132 cm³/mol. The monoisotopic (exact) mass is 494 g/mol. The molecule has 0 spiro atoms. The Labute approximate surface area is 204 Å². The van der Waals surface area contributed by atoms with E-state index in [-0.39, 0.29) is 29.8 Å². The second kappa shape index (κ2) is 10.6. The molecule has 1 N–H and O–H groups in total. The number of ether oxygens (including phenoxy) is 2. The Morgan fingerprint density at radius 1 is 0.971 bits per heavy atom. The predicted octanol–water partition coefficient (Wildman–Crippen LogP) is 3.56. The van der Waals surface area contributed by atoms with Gasteiger partial charge in [-0.3, -0.25) is 13.9 Å². The van der Waals surface area contributed by atoms with Crippen molar-refractivity contribution in [2.24, 2.45) is 0 Å². The van der Waals surface area contributed by atoms with Crippen LogP contribution in [0, 0.1) is 0 Å². The lowest BCUT2D eigenvalue weighted by atomic mass is 10.1. The third-order valence-corrected chi connectivity index (χ3v) is 7.35. The van der Waals surface area contributed by atoms with Crippen molar-refractivity contribution >= 4 is 33.3 Å². The zero-order valence-electron chi connectivity index (χ0n) is 19.3. The number of hydrogen-bond donors (Lipinski definition) is 1. The van der Waals surface area contributed by atoms with Crippen molar-refractivity contribution in [3.05, 3.63) is 83.9 Å². The van der Waals surface area contributed by atoms with Gasteiger partial charge in [-0.25, -0.2) is 8.42 Å². The molecular formula is C26H26N2O6S. The van der Waals surface area contributed by atoms with Crippen molar-refractivity contribution < 1.29 is 27.5 Å². The molecule has 3 aromatic carbocycles. The van der Waals surface area contributed by atoms with E-state index in [0.29, 0.717) is 36.7 Å². The van der Waals surface area contributed by atoms with Crippen LogP contribution < -0.4 is 14.4 Å². The number of benzene rings is 3. The van der Waals surface area contributed by atoms with E-state index in [1.165, 1.54) is 28.6 Å². The van der Waals surface area contributed by atoms with Gasteiger partial charge in [-0.1, -0.05) is 30.3 Å². The van der Waals surface area contributed by atoms with Crippen LogP contribution in [0.5, 0.6) is 5.75 Å². The van der Waals surface area contributed by atoms with Gasteiger partial charge in [-0.05, 0) is 66.9 Å². The Hall–Kier alpha value is -3.85. The van der Waals surface area contributed by atoms with E-state index >= 15 is 0 Å². The van der Waals surface area contributed by atoms with Crippen LogP contribution in [-0.4, -0.2) is 40.1 Å². The molecule has 1 aliphatic rings. The highest BCUT2D eigenvalue weighted by Crippen LogP contribution is 2.33. The molecule has 182 valence electrons. The minimum Gasteiger partial charge on any atom is -0.484 e. The molecule has 0 bridgehead atoms. The molecule has 0 saturated carbocycles. The summed E-state index contributed by atoms with van der Waals surface area (Å²) in [6.45, 7) is 2.25. The van der Waals surface area contributed by atoms with Crippen molar-refractivity contribution in [3.63, 3.8) is 0 Å². The topological polar surface area (TPSA) is 102 Å². The molecule has 1 heterocycles. The van der Waals surface area contributed by atoms with Gasteiger partial charge in [0.15, 0.2) is 6.61 Å². The van der Waals surface area contributed by atoms with Crippen LogP contribution in [0.2, 0.25) is 0 Å². The van der Waals surface area contributed by atoms with E-state index < -0.39 is 10.0 Å². The standard InChI is InChI=1S/C26H26N2O6S/c1-2-33-26(30)17-19-7-9-21(10-8-19)27-25(29)18-34-22-11-13-23(14-12-22)35(31,32)28-16-15-20-5-3-4-6-24(20)28/h3-14H,2,15-18H2,1H3,(H,27,29). The number of para-hydroxylation sites is 1. The number of rotatable bonds is 9. The highest BCUT2D eigenvalue weighted by Gasteiger charge is 2.30. The van der Waals surface area contributed by atoms with Gasteiger partial charge in [-0.2, -0.15) is 0 Å². The third-order valence-electron chi connectivity index (χ3n) is 5.52. The van der Waals surface area contributed by atoms with Crippen molar-refractivity contribution in [1.82, 2.24) is 0 Å². The summed E-state index contributed by atoms with van der Waals surface area (Å²) >= 11 is 0. The number of fused-ring (bicyclic) bond motifs is 1. The molecule has 1 aliphatic heterocycles. The van der Waals surface area contributed by atoms with Crippen LogP contribution in [-0.2, 0) is 37.2 Å². The first-order chi connectivity index (χ1) is 16.9. The molecule has 8 nitrogen and oxygen atoms in total. The number of hydrogen-bond acceptors (Lipinski definition) is 6. The maximum absolute atomic E-state index is 13.1. The maximum Gasteiger partial charge on any atom is 0.310 e. The molecule has 0 aromatic heterocycles. The Morgan fingerprint density at radius 3 is 2.40 bits per heavy atom. The van der Waals surface area contributed by atoms with E-state index in [4.69, 9.17) is 9.47 Å². The average Bonchev–Trinajstić information content (AvgIpc) is 3.30. The van der Waals surface area contributed by atoms with E-state index in [9.17, 15) is 18.0 Å². The minimum atomic E-state index is -3.69. The van der Waals surface area contributed by atoms with Gasteiger partial charge in [0.1, 0.15) is 5.75 Å². The fourth-order valence-corrected chi connectivity index (χ4v) is 5.33. The molecule has 4 rings (SSSR count). The third kappa shape index (κ3) is 5.81. The maximum atomic E-state index is 13.1. The van der Waals surface area contributed by atoms with Gasteiger partial charge < -0.3 is 14.8 Å². The number of nitrogens with zero attached hydrogens (tertiary/aromatic N) is 1. The largest absolute Gasteiger partial charge is 0.484 e. The van der Waals surface area contributed by atoms with Crippen LogP contribution in [0.1, 0.15) is 18.1 Å². The Morgan fingerprint density at radius 2 is 1.69 bits per heavy atom. The molecule has 0 radical (unpaired) electrons. The van der Waals surface area contributed by atoms with Crippen LogP contribution in [0.4, 0.5) is 11.4 Å². The number of carbonyl (C=O) groups is 2. The first-order valence-corrected chi connectivity index (χ1v) is 12.7. The Bertz CT molecular complexity index is 1300. The van der Waals surface area contributed by atoms with E-state index in [1.807, 2.05) is 24.3 Å². The van der Waals surface area contributed by atoms with Crippen LogP contribution >= 0.6 is 0 Å². The second-order valence-electron chi connectivity index (χ2n) is 7.94. The molecular weight excluding hydrogens is 468 g/mol. The molecule has 3 aromatic rings. The summed E-state index contributed by atoms with van der Waals surface area (Å²) in [4.78, 5) is 23.9. The Kier molecular flexibility index (Phi) is 7.36. The number of carbonyl (C=O) groups excluding carboxylic acids is 2. The van der Waals surface area contributed by atoms with Gasteiger partial charge in [0, 0.05) is 12.2 Å². The summed E-state index contributed by atoms with van der Waals surface area (Å²) in [6, 6.07) is 20.4. The normalized spacial score (nSPS) is 12.7. The zero-order valence-corrected chi connectivity index (χ0v) is 20.1. The van der Waals surface area contributed by atoms with Gasteiger partial charge in [0.2, 0.25) is 0 Å². The lowest BCUT2D eigenvalue weighted by molar-refractivity contribution is -0.142. The summed E-state index contributed by atoms with van der Waals surface area (Å²) in [5.41, 5.74) is 3.07. The fraction of sp³-hybridized carbons (Fsp3) is 0.231. The van der Waals surface area contributed by atoms with Crippen LogP contribution in [0.3, 0.4) is 0 Å². The average molecular weight is 495 g/mol. The number of amides is 1. The van der Waals surface area contributed by atoms with Crippen molar-refractivity contribution in [1.29, 1.82) is 0 Å². The molecule has 9 heteroatoms. The van der Waals surface area contributed by atoms with Gasteiger partial charge in [0.25, 0.3) is 15.9 Å². The Balaban J connectivity index is 1.31. The first kappa shape index (κ1) is 24.3. The molecule has 0 atom stereocenters. The molecule has 0 saturated heterocycles. The SMILES string of the molecule is CCOC(=O)Cc1ccc(NC(=O)COc2ccc(S(=O)(=O)N3CCc4ccccc43)cc2)cc1. The molecule has 0 aliphatic carbocycles. The smallest absolute Gasteiger partial charge is 0.310 e. The zero-order chi connectivity index (χ0) is 24.8. The van der Waals surface area contributed by atoms with E-state index in [0.717, 1.165) is 11.1 Å². The summed E-state index contributed by atoms with van der Waals surface area (Å²) in [5, 5.41) is 2.72. The lowest BCUT2D eigenvalue weighted by Crippen LogP contribution is -2.29. The van der Waals surface area contributed by atoms with Gasteiger partial charge >= 0.3 is 5.97 Å². The van der Waals surface area contributed by atoms with E-state index in [1.54, 1.807) is 31.2 Å². The summed E-state index contributed by atoms with van der Waals surface area (Å²) in [7, 11) is -3.69. The quantitative estimate of drug-likeness (QED) is 0.457. The fourth-order valence-electron chi connectivity index (χ4n) is 3.82. The molecule has 35 heavy (non-hydrogen) atoms. The highest BCUT2D eigenvalue weighted by molar-refractivity contribution is 7.92. The highest BCUT2D eigenvalue weighted by atomic mass is 32.2. The number of nitrogens with one attached hydrogen (secondary N) is 1. The first-order valence-electron chi connectivity index (χ1n) is 11.2. The molecule has 1 amide bonds. The molecule has 0 unspecified atom stereocenters. The lowest BCUT2D eigenvalue weighted by Gasteiger charge is -2.19. The number of sulfonamides is 1. The summed E-state index contributed by atoms with van der Waals surface area (Å²) < 4.78 is 38.0. The van der Waals surface area contributed by atoms with Crippen molar-refractivity contribution in [2.75, 3.05) is 29.4 Å². The molecule has 0 fully saturated rings. The second-order valence-corrected chi connectivity index (χ2v) is 9.81. The van der Waals surface area contributed by atoms with Crippen molar-refractivity contribution in [2.45, 2.75) is 24.7 Å². The van der Waals surface area contributed by atoms with Gasteiger partial charge in [0.05, 0.1) is 23.6 Å². The summed E-state index contributed by atoms with van der Waals surface area (Å²) in [6.07, 6.45) is 0.848. The number of esters is 1. The minimum absolute atomic E-state index is 0.161.